The zero-order chi connectivity index (χ0) is 26.1. The van der Waals surface area contributed by atoms with Crippen LogP contribution in [0.4, 0.5) is 10.5 Å². The Hall–Kier alpha value is -4.21. The Labute approximate surface area is 214 Å². The second-order valence-corrected chi connectivity index (χ2v) is 9.62. The summed E-state index contributed by atoms with van der Waals surface area (Å²) in [6, 6.07) is 13.1. The number of rotatable bonds is 4. The first kappa shape index (κ1) is 24.5. The molecule has 0 unspecified atom stereocenters. The van der Waals surface area contributed by atoms with Gasteiger partial charge in [-0.15, -0.1) is 0 Å². The van der Waals surface area contributed by atoms with Crippen molar-refractivity contribution in [2.75, 3.05) is 25.0 Å². The van der Waals surface area contributed by atoms with Crippen LogP contribution in [0.1, 0.15) is 24.1 Å². The number of carbonyl (C=O) groups excluding carboxylic acids is 2. The van der Waals surface area contributed by atoms with E-state index in [1.54, 1.807) is 17.0 Å². The Bertz CT molecular complexity index is 1470. The molecule has 0 spiro atoms. The van der Waals surface area contributed by atoms with Crippen molar-refractivity contribution in [1.29, 1.82) is 0 Å². The van der Waals surface area contributed by atoms with Gasteiger partial charge in [0.2, 0.25) is 5.91 Å². The molecule has 0 saturated carbocycles. The Morgan fingerprint density at radius 3 is 2.54 bits per heavy atom. The topological polar surface area (TPSA) is 110 Å². The second kappa shape index (κ2) is 10.0. The van der Waals surface area contributed by atoms with Crippen LogP contribution >= 0.6 is 0 Å². The number of aromatic nitrogens is 3. The molecule has 2 aliphatic heterocycles. The molecular formula is C27H30N6O4. The molecule has 5 rings (SSSR count). The molecule has 1 saturated heterocycles. The maximum atomic E-state index is 13.1. The zero-order valence-electron chi connectivity index (χ0n) is 21.0. The molecular weight excluding hydrogens is 472 g/mol. The predicted octanol–water partition coefficient (Wildman–Crippen LogP) is 2.00. The fourth-order valence-electron chi connectivity index (χ4n) is 5.12. The number of piperidine rings is 1. The van der Waals surface area contributed by atoms with Crippen LogP contribution in [0, 0.1) is 6.92 Å². The summed E-state index contributed by atoms with van der Waals surface area (Å²) >= 11 is 0. The average molecular weight is 503 g/mol. The van der Waals surface area contributed by atoms with Gasteiger partial charge in [0, 0.05) is 50.3 Å². The molecule has 37 heavy (non-hydrogen) atoms. The SMILES string of the molecule is Cc1cccc(-c2cn(CC(=O)N3CCC(N4CCc5ccccc5NC4=O)CC3)c(=O)n(C)c2=O)n1. The molecule has 1 fully saturated rings. The van der Waals surface area contributed by atoms with Crippen LogP contribution in [-0.2, 0) is 24.8 Å². The summed E-state index contributed by atoms with van der Waals surface area (Å²) in [5.74, 6) is -0.199. The van der Waals surface area contributed by atoms with Gasteiger partial charge in [-0.1, -0.05) is 24.3 Å². The number of urea groups is 1. The summed E-state index contributed by atoms with van der Waals surface area (Å²) in [5, 5.41) is 3.01. The highest BCUT2D eigenvalue weighted by Crippen LogP contribution is 2.24. The molecule has 192 valence electrons. The fraction of sp³-hybridized carbons (Fsp3) is 0.370. The van der Waals surface area contributed by atoms with Crippen LogP contribution in [0.2, 0.25) is 0 Å². The Kier molecular flexibility index (Phi) is 6.64. The van der Waals surface area contributed by atoms with Crippen molar-refractivity contribution in [3.05, 3.63) is 80.8 Å². The van der Waals surface area contributed by atoms with E-state index in [4.69, 9.17) is 0 Å². The molecule has 0 atom stereocenters. The first-order valence-corrected chi connectivity index (χ1v) is 12.5. The number of aryl methyl sites for hydroxylation is 1. The number of hydrogen-bond donors (Lipinski definition) is 1. The first-order valence-electron chi connectivity index (χ1n) is 12.5. The number of anilines is 1. The van der Waals surface area contributed by atoms with Crippen molar-refractivity contribution < 1.29 is 9.59 Å². The molecule has 2 aromatic heterocycles. The normalized spacial score (nSPS) is 16.2. The van der Waals surface area contributed by atoms with Crippen LogP contribution in [-0.4, -0.2) is 61.5 Å². The molecule has 3 amide bonds. The van der Waals surface area contributed by atoms with Crippen LogP contribution in [0.5, 0.6) is 0 Å². The third kappa shape index (κ3) is 4.91. The fourth-order valence-corrected chi connectivity index (χ4v) is 5.12. The standard InChI is InChI=1S/C27H30N6O4/c1-18-6-5-9-23(28-18)21-16-32(27(37)30(2)25(21)35)17-24(34)31-13-11-20(12-14-31)33-15-10-19-7-3-4-8-22(19)29-26(33)36/h3-9,16,20H,10-15,17H2,1-2H3,(H,29,36). The van der Waals surface area contributed by atoms with E-state index in [0.29, 0.717) is 38.2 Å². The van der Waals surface area contributed by atoms with Gasteiger partial charge < -0.3 is 15.1 Å². The van der Waals surface area contributed by atoms with Crippen LogP contribution < -0.4 is 16.6 Å². The van der Waals surface area contributed by atoms with Crippen molar-refractivity contribution in [2.24, 2.45) is 7.05 Å². The smallest absolute Gasteiger partial charge is 0.331 e. The van der Waals surface area contributed by atoms with Gasteiger partial charge in [-0.05, 0) is 49.9 Å². The van der Waals surface area contributed by atoms with Crippen molar-refractivity contribution >= 4 is 17.6 Å². The third-order valence-corrected chi connectivity index (χ3v) is 7.22. The summed E-state index contributed by atoms with van der Waals surface area (Å²) in [6.07, 6.45) is 3.53. The van der Waals surface area contributed by atoms with Crippen LogP contribution in [0.15, 0.2) is 58.3 Å². The van der Waals surface area contributed by atoms with Gasteiger partial charge in [0.15, 0.2) is 0 Å². The quantitative estimate of drug-likeness (QED) is 0.587. The number of amides is 3. The summed E-state index contributed by atoms with van der Waals surface area (Å²) in [4.78, 5) is 59.5. The van der Waals surface area contributed by atoms with E-state index >= 15 is 0 Å². The maximum Gasteiger partial charge on any atom is 0.331 e. The van der Waals surface area contributed by atoms with Gasteiger partial charge >= 0.3 is 11.7 Å². The first-order chi connectivity index (χ1) is 17.8. The molecule has 3 aromatic rings. The summed E-state index contributed by atoms with van der Waals surface area (Å²) in [7, 11) is 1.40. The lowest BCUT2D eigenvalue weighted by atomic mass is 10.0. The van der Waals surface area contributed by atoms with Crippen molar-refractivity contribution in [2.45, 2.75) is 38.8 Å². The molecule has 10 nitrogen and oxygen atoms in total. The lowest BCUT2D eigenvalue weighted by Gasteiger charge is -2.38. The van der Waals surface area contributed by atoms with Gasteiger partial charge in [-0.25, -0.2) is 9.59 Å². The molecule has 1 N–H and O–H groups in total. The summed E-state index contributed by atoms with van der Waals surface area (Å²) < 4.78 is 2.28. The monoisotopic (exact) mass is 502 g/mol. The minimum Gasteiger partial charge on any atom is -0.341 e. The van der Waals surface area contributed by atoms with Crippen molar-refractivity contribution in [3.8, 4) is 11.3 Å². The van der Waals surface area contributed by atoms with E-state index in [1.807, 2.05) is 42.2 Å². The highest BCUT2D eigenvalue weighted by molar-refractivity contribution is 5.91. The number of likely N-dealkylation sites (tertiary alicyclic amines) is 1. The minimum absolute atomic E-state index is 0.0395. The molecule has 4 heterocycles. The van der Waals surface area contributed by atoms with Crippen molar-refractivity contribution in [1.82, 2.24) is 23.9 Å². The van der Waals surface area contributed by atoms with Crippen LogP contribution in [0.3, 0.4) is 0 Å². The number of para-hydroxylation sites is 1. The number of benzene rings is 1. The Morgan fingerprint density at radius 2 is 1.78 bits per heavy atom. The Morgan fingerprint density at radius 1 is 1.03 bits per heavy atom. The van der Waals surface area contributed by atoms with E-state index in [2.05, 4.69) is 10.3 Å². The number of hydrogen-bond acceptors (Lipinski definition) is 5. The van der Waals surface area contributed by atoms with Gasteiger partial charge in [0.05, 0.1) is 11.3 Å². The molecule has 2 aliphatic rings. The summed E-state index contributed by atoms with van der Waals surface area (Å²) in [6.45, 7) is 3.27. The maximum absolute atomic E-state index is 13.1. The zero-order valence-corrected chi connectivity index (χ0v) is 21.0. The predicted molar refractivity (Wildman–Crippen MR) is 139 cm³/mol. The Balaban J connectivity index is 1.26. The van der Waals surface area contributed by atoms with E-state index in [9.17, 15) is 19.2 Å². The minimum atomic E-state index is -0.551. The van der Waals surface area contributed by atoms with E-state index in [-0.39, 0.29) is 30.1 Å². The number of fused-ring (bicyclic) bond motifs is 1. The number of nitrogens with one attached hydrogen (secondary N) is 1. The van der Waals surface area contributed by atoms with E-state index in [1.165, 1.54) is 17.8 Å². The number of pyridine rings is 1. The molecule has 1 aromatic carbocycles. The largest absolute Gasteiger partial charge is 0.341 e. The lowest BCUT2D eigenvalue weighted by molar-refractivity contribution is -0.133. The van der Waals surface area contributed by atoms with Gasteiger partial charge in [-0.3, -0.25) is 23.7 Å². The molecule has 0 aliphatic carbocycles. The second-order valence-electron chi connectivity index (χ2n) is 9.62. The molecule has 0 radical (unpaired) electrons. The molecule has 10 heteroatoms. The lowest BCUT2D eigenvalue weighted by Crippen LogP contribution is -2.51. The highest BCUT2D eigenvalue weighted by atomic mass is 16.2. The van der Waals surface area contributed by atoms with Gasteiger partial charge in [-0.2, -0.15) is 0 Å². The number of carbonyl (C=O) groups is 2. The van der Waals surface area contributed by atoms with Gasteiger partial charge in [0.25, 0.3) is 5.56 Å². The highest BCUT2D eigenvalue weighted by Gasteiger charge is 2.31. The third-order valence-electron chi connectivity index (χ3n) is 7.22. The van der Waals surface area contributed by atoms with Crippen LogP contribution in [0.25, 0.3) is 11.3 Å². The van der Waals surface area contributed by atoms with E-state index in [0.717, 1.165) is 27.9 Å². The molecule has 0 bridgehead atoms. The van der Waals surface area contributed by atoms with Gasteiger partial charge in [0.1, 0.15) is 6.54 Å². The summed E-state index contributed by atoms with van der Waals surface area (Å²) in [5.41, 5.74) is 2.44. The van der Waals surface area contributed by atoms with E-state index < -0.39 is 11.2 Å². The average Bonchev–Trinajstić information content (AvgIpc) is 3.07. The number of nitrogens with zero attached hydrogens (tertiary/aromatic N) is 5. The van der Waals surface area contributed by atoms with Crippen molar-refractivity contribution in [3.63, 3.8) is 0 Å².